The molecule has 0 saturated carbocycles. The number of nitrogens with two attached hydrogens (primary N) is 1. The fraction of sp³-hybridized carbons (Fsp3) is 1.00. The number of nitrogens with zero attached hydrogens (tertiary/aromatic N) is 1. The van der Waals surface area contributed by atoms with Gasteiger partial charge in [-0.25, -0.2) is 0 Å². The summed E-state index contributed by atoms with van der Waals surface area (Å²) in [5.41, 5.74) is 6.25. The number of hydrogen-bond acceptors (Lipinski definition) is 4. The third-order valence-electron chi connectivity index (χ3n) is 4.77. The summed E-state index contributed by atoms with van der Waals surface area (Å²) in [6.07, 6.45) is 8.40. The van der Waals surface area contributed by atoms with Crippen molar-refractivity contribution in [3.63, 3.8) is 0 Å². The Kier molecular flexibility index (Phi) is 5.42. The van der Waals surface area contributed by atoms with E-state index in [9.17, 15) is 0 Å². The molecule has 0 amide bonds. The van der Waals surface area contributed by atoms with Crippen LogP contribution in [0.5, 0.6) is 0 Å². The summed E-state index contributed by atoms with van der Waals surface area (Å²) in [6.45, 7) is 4.60. The molecule has 2 aliphatic rings. The molecule has 2 saturated heterocycles. The number of fused-ring (bicyclic) bond motifs is 1. The Morgan fingerprint density at radius 2 is 2.11 bits per heavy atom. The van der Waals surface area contributed by atoms with Crippen LogP contribution in [0, 0.1) is 0 Å². The monoisotopic (exact) mass is 255 g/mol. The summed E-state index contributed by atoms with van der Waals surface area (Å²) in [5, 5.41) is 12.5. The van der Waals surface area contributed by atoms with Crippen molar-refractivity contribution >= 4 is 0 Å². The maximum Gasteiger partial charge on any atom is 0.0473 e. The zero-order valence-electron chi connectivity index (χ0n) is 11.5. The Morgan fingerprint density at radius 1 is 1.22 bits per heavy atom. The smallest absolute Gasteiger partial charge is 0.0473 e. The highest BCUT2D eigenvalue weighted by molar-refractivity contribution is 5.07. The van der Waals surface area contributed by atoms with Gasteiger partial charge in [-0.1, -0.05) is 6.42 Å². The molecule has 4 N–H and O–H groups in total. The van der Waals surface area contributed by atoms with Crippen molar-refractivity contribution in [1.29, 1.82) is 0 Å². The highest BCUT2D eigenvalue weighted by atomic mass is 16.2. The first-order valence-corrected chi connectivity index (χ1v) is 7.62. The number of rotatable bonds is 7. The largest absolute Gasteiger partial charge is 0.396 e. The molecule has 0 aromatic rings. The first-order valence-electron chi connectivity index (χ1n) is 7.62. The van der Waals surface area contributed by atoms with E-state index >= 15 is 0 Å². The highest BCUT2D eigenvalue weighted by Gasteiger charge is 2.46. The van der Waals surface area contributed by atoms with E-state index < -0.39 is 0 Å². The summed E-state index contributed by atoms with van der Waals surface area (Å²) in [4.78, 5) is 2.64. The average Bonchev–Trinajstić information content (AvgIpc) is 2.79. The van der Waals surface area contributed by atoms with Crippen molar-refractivity contribution in [2.75, 3.05) is 32.8 Å². The zero-order valence-corrected chi connectivity index (χ0v) is 11.5. The lowest BCUT2D eigenvalue weighted by molar-refractivity contribution is 0.140. The number of hydrogen-bond donors (Lipinski definition) is 3. The number of piperidine rings is 1. The van der Waals surface area contributed by atoms with E-state index in [0.29, 0.717) is 12.6 Å². The van der Waals surface area contributed by atoms with Crippen LogP contribution in [0.1, 0.15) is 44.9 Å². The first kappa shape index (κ1) is 14.3. The second kappa shape index (κ2) is 6.85. The van der Waals surface area contributed by atoms with Crippen LogP contribution in [0.4, 0.5) is 0 Å². The fourth-order valence-corrected chi connectivity index (χ4v) is 3.66. The van der Waals surface area contributed by atoms with Gasteiger partial charge in [0.15, 0.2) is 0 Å². The van der Waals surface area contributed by atoms with Gasteiger partial charge in [-0.15, -0.1) is 0 Å². The quantitative estimate of drug-likeness (QED) is 0.586. The van der Waals surface area contributed by atoms with Crippen LogP contribution in [0.2, 0.25) is 0 Å². The lowest BCUT2D eigenvalue weighted by Crippen LogP contribution is -2.60. The fourth-order valence-electron chi connectivity index (χ4n) is 3.66. The molecule has 0 aromatic heterocycles. The normalized spacial score (nSPS) is 32.7. The van der Waals surface area contributed by atoms with Gasteiger partial charge >= 0.3 is 0 Å². The van der Waals surface area contributed by atoms with Crippen LogP contribution in [-0.4, -0.2) is 54.4 Å². The Hall–Kier alpha value is -0.160. The van der Waals surface area contributed by atoms with Crippen molar-refractivity contribution in [3.8, 4) is 0 Å². The summed E-state index contributed by atoms with van der Waals surface area (Å²) < 4.78 is 0. The van der Waals surface area contributed by atoms with Gasteiger partial charge in [0, 0.05) is 31.3 Å². The highest BCUT2D eigenvalue weighted by Crippen LogP contribution is 2.34. The molecular formula is C14H29N3O. The van der Waals surface area contributed by atoms with Gasteiger partial charge in [-0.2, -0.15) is 0 Å². The number of aliphatic hydroxyl groups is 1. The van der Waals surface area contributed by atoms with Gasteiger partial charge in [-0.3, -0.25) is 4.90 Å². The molecule has 0 bridgehead atoms. The van der Waals surface area contributed by atoms with Gasteiger partial charge in [-0.05, 0) is 51.6 Å². The number of aliphatic hydroxyl groups excluding tert-OH is 1. The predicted octanol–water partition coefficient (Wildman–Crippen LogP) is 0.694. The molecule has 0 spiro atoms. The predicted molar refractivity (Wildman–Crippen MR) is 74.6 cm³/mol. The first-order chi connectivity index (χ1) is 8.82. The molecule has 18 heavy (non-hydrogen) atoms. The molecule has 0 aromatic carbocycles. The Balaban J connectivity index is 1.82. The molecule has 4 nitrogen and oxygen atoms in total. The molecule has 2 atom stereocenters. The van der Waals surface area contributed by atoms with Gasteiger partial charge in [0.25, 0.3) is 0 Å². The number of nitrogens with one attached hydrogen (secondary N) is 1. The maximum absolute atomic E-state index is 8.78. The van der Waals surface area contributed by atoms with Gasteiger partial charge in [0.1, 0.15) is 0 Å². The third kappa shape index (κ3) is 3.05. The third-order valence-corrected chi connectivity index (χ3v) is 4.77. The van der Waals surface area contributed by atoms with E-state index in [1.807, 2.05) is 0 Å². The molecule has 2 aliphatic heterocycles. The number of unbranched alkanes of at least 4 members (excludes halogenated alkanes) is 2. The minimum absolute atomic E-state index is 0.166. The molecule has 2 heterocycles. The van der Waals surface area contributed by atoms with Crippen molar-refractivity contribution in [3.05, 3.63) is 0 Å². The lowest BCUT2D eigenvalue weighted by Gasteiger charge is -2.41. The van der Waals surface area contributed by atoms with Crippen LogP contribution in [0.15, 0.2) is 0 Å². The standard InChI is InChI=1S/C14H29N3O/c15-12-14(16-8-3-1-5-11-18)7-10-17-9-4-2-6-13(14)17/h13,16,18H,1-12,15H2. The van der Waals surface area contributed by atoms with E-state index in [-0.39, 0.29) is 5.54 Å². The van der Waals surface area contributed by atoms with Gasteiger partial charge in [0.2, 0.25) is 0 Å². The lowest BCUT2D eigenvalue weighted by atomic mass is 9.85. The second-order valence-electron chi connectivity index (χ2n) is 5.87. The molecule has 2 unspecified atom stereocenters. The molecule has 106 valence electrons. The van der Waals surface area contributed by atoms with E-state index in [1.165, 1.54) is 38.8 Å². The maximum atomic E-state index is 8.78. The summed E-state index contributed by atoms with van der Waals surface area (Å²) in [5.74, 6) is 0. The minimum Gasteiger partial charge on any atom is -0.396 e. The second-order valence-corrected chi connectivity index (χ2v) is 5.87. The van der Waals surface area contributed by atoms with Crippen LogP contribution in [0.25, 0.3) is 0 Å². The van der Waals surface area contributed by atoms with E-state index in [0.717, 1.165) is 32.4 Å². The van der Waals surface area contributed by atoms with Gasteiger partial charge in [0.05, 0.1) is 0 Å². The van der Waals surface area contributed by atoms with Crippen LogP contribution in [0.3, 0.4) is 0 Å². The van der Waals surface area contributed by atoms with E-state index in [4.69, 9.17) is 10.8 Å². The summed E-state index contributed by atoms with van der Waals surface area (Å²) in [7, 11) is 0. The molecule has 2 fully saturated rings. The van der Waals surface area contributed by atoms with Crippen molar-refractivity contribution in [2.45, 2.75) is 56.5 Å². The average molecular weight is 255 g/mol. The van der Waals surface area contributed by atoms with E-state index in [1.54, 1.807) is 0 Å². The minimum atomic E-state index is 0.166. The Labute approximate surface area is 111 Å². The topological polar surface area (TPSA) is 61.5 Å². The molecule has 4 heteroatoms. The zero-order chi connectivity index (χ0) is 12.8. The Morgan fingerprint density at radius 3 is 2.89 bits per heavy atom. The van der Waals surface area contributed by atoms with Crippen LogP contribution >= 0.6 is 0 Å². The van der Waals surface area contributed by atoms with Gasteiger partial charge < -0.3 is 16.2 Å². The Bertz CT molecular complexity index is 249. The summed E-state index contributed by atoms with van der Waals surface area (Å²) >= 11 is 0. The summed E-state index contributed by atoms with van der Waals surface area (Å²) in [6, 6.07) is 0.661. The van der Waals surface area contributed by atoms with Crippen LogP contribution in [-0.2, 0) is 0 Å². The molecule has 2 rings (SSSR count). The van der Waals surface area contributed by atoms with Crippen molar-refractivity contribution in [1.82, 2.24) is 10.2 Å². The van der Waals surface area contributed by atoms with Crippen LogP contribution < -0.4 is 11.1 Å². The van der Waals surface area contributed by atoms with Crippen molar-refractivity contribution in [2.24, 2.45) is 5.73 Å². The molecule has 0 aliphatic carbocycles. The van der Waals surface area contributed by atoms with Crippen molar-refractivity contribution < 1.29 is 5.11 Å². The molecular weight excluding hydrogens is 226 g/mol. The SMILES string of the molecule is NCC1(NCCCCCO)CCN2CCCCC21. The van der Waals surface area contributed by atoms with E-state index in [2.05, 4.69) is 10.2 Å². The molecule has 0 radical (unpaired) electrons.